The van der Waals surface area contributed by atoms with Crippen LogP contribution in [0, 0.1) is 16.7 Å². The van der Waals surface area contributed by atoms with E-state index in [9.17, 15) is 10.1 Å². The molecule has 0 N–H and O–H groups in total. The van der Waals surface area contributed by atoms with Gasteiger partial charge < -0.3 is 19.4 Å². The van der Waals surface area contributed by atoms with Crippen LogP contribution in [0.1, 0.15) is 51.5 Å². The van der Waals surface area contributed by atoms with Gasteiger partial charge in [-0.1, -0.05) is 30.3 Å². The molecule has 0 radical (unpaired) electrons. The van der Waals surface area contributed by atoms with Crippen LogP contribution >= 0.6 is 0 Å². The SMILES string of the molecule is COCCCN1C(=O)N(CC(C)(C)C#N)CC12CCC(CN(C)C)(c1ccccc1)CC2. The summed E-state index contributed by atoms with van der Waals surface area (Å²) in [6, 6.07) is 13.3. The molecule has 0 bridgehead atoms. The molecule has 176 valence electrons. The van der Waals surface area contributed by atoms with Crippen LogP contribution in [0.25, 0.3) is 0 Å². The van der Waals surface area contributed by atoms with Gasteiger partial charge in [0.25, 0.3) is 0 Å². The number of benzene rings is 1. The fourth-order valence-corrected chi connectivity index (χ4v) is 5.77. The second kappa shape index (κ2) is 9.80. The van der Waals surface area contributed by atoms with E-state index in [0.29, 0.717) is 19.7 Å². The van der Waals surface area contributed by atoms with Gasteiger partial charge in [-0.05, 0) is 65.6 Å². The van der Waals surface area contributed by atoms with Gasteiger partial charge in [-0.3, -0.25) is 0 Å². The molecule has 6 heteroatoms. The maximum atomic E-state index is 13.5. The lowest BCUT2D eigenvalue weighted by Gasteiger charge is -2.49. The Hall–Kier alpha value is -2.10. The maximum absolute atomic E-state index is 13.5. The molecule has 1 spiro atoms. The van der Waals surface area contributed by atoms with E-state index in [4.69, 9.17) is 4.74 Å². The molecule has 32 heavy (non-hydrogen) atoms. The van der Waals surface area contributed by atoms with Gasteiger partial charge in [-0.15, -0.1) is 0 Å². The zero-order valence-electron chi connectivity index (χ0n) is 20.6. The zero-order valence-corrected chi connectivity index (χ0v) is 20.6. The van der Waals surface area contributed by atoms with Crippen LogP contribution in [-0.2, 0) is 10.2 Å². The van der Waals surface area contributed by atoms with Crippen LogP contribution in [0.3, 0.4) is 0 Å². The molecule has 1 aromatic carbocycles. The summed E-state index contributed by atoms with van der Waals surface area (Å²) in [6.45, 7) is 7.40. The highest BCUT2D eigenvalue weighted by molar-refractivity contribution is 5.78. The molecule has 1 aliphatic heterocycles. The number of likely N-dealkylation sites (N-methyl/N-ethyl adjacent to an activating group) is 1. The molecule has 1 heterocycles. The van der Waals surface area contributed by atoms with E-state index < -0.39 is 5.41 Å². The Kier molecular flexibility index (Phi) is 7.52. The lowest BCUT2D eigenvalue weighted by molar-refractivity contribution is 0.0701. The molecule has 0 atom stereocenters. The summed E-state index contributed by atoms with van der Waals surface area (Å²) in [4.78, 5) is 19.8. The van der Waals surface area contributed by atoms with E-state index in [0.717, 1.165) is 45.2 Å². The van der Waals surface area contributed by atoms with E-state index >= 15 is 0 Å². The van der Waals surface area contributed by atoms with Crippen LogP contribution in [0.5, 0.6) is 0 Å². The van der Waals surface area contributed by atoms with Gasteiger partial charge in [0.2, 0.25) is 0 Å². The number of urea groups is 1. The van der Waals surface area contributed by atoms with Gasteiger partial charge in [-0.2, -0.15) is 5.26 Å². The molecule has 2 aliphatic rings. The van der Waals surface area contributed by atoms with Crippen molar-refractivity contribution in [2.45, 2.75) is 56.9 Å². The summed E-state index contributed by atoms with van der Waals surface area (Å²) in [5.41, 5.74) is 0.811. The number of hydrogen-bond acceptors (Lipinski definition) is 4. The van der Waals surface area contributed by atoms with Crippen LogP contribution < -0.4 is 0 Å². The van der Waals surface area contributed by atoms with Gasteiger partial charge >= 0.3 is 6.03 Å². The Morgan fingerprint density at radius 2 is 1.81 bits per heavy atom. The Balaban J connectivity index is 1.86. The van der Waals surface area contributed by atoms with Crippen molar-refractivity contribution >= 4 is 6.03 Å². The van der Waals surface area contributed by atoms with Crippen molar-refractivity contribution in [1.82, 2.24) is 14.7 Å². The Morgan fingerprint density at radius 1 is 1.16 bits per heavy atom. The highest BCUT2D eigenvalue weighted by Gasteiger charge is 2.54. The largest absolute Gasteiger partial charge is 0.385 e. The molecular formula is C26H40N4O2. The Morgan fingerprint density at radius 3 is 2.38 bits per heavy atom. The van der Waals surface area contributed by atoms with Crippen molar-refractivity contribution in [2.75, 3.05) is 54.0 Å². The summed E-state index contributed by atoms with van der Waals surface area (Å²) in [6.07, 6.45) is 4.91. The normalized spacial score (nSPS) is 26.2. The van der Waals surface area contributed by atoms with Crippen molar-refractivity contribution in [3.05, 3.63) is 35.9 Å². The first-order valence-electron chi connectivity index (χ1n) is 11.8. The summed E-state index contributed by atoms with van der Waals surface area (Å²) in [5.74, 6) is 0. The van der Waals surface area contributed by atoms with Crippen LogP contribution in [0.4, 0.5) is 4.79 Å². The van der Waals surface area contributed by atoms with E-state index in [1.165, 1.54) is 5.56 Å². The Labute approximate surface area is 194 Å². The molecular weight excluding hydrogens is 400 g/mol. The second-order valence-corrected chi connectivity index (χ2v) is 10.7. The molecule has 2 amide bonds. The predicted octanol–water partition coefficient (Wildman–Crippen LogP) is 4.12. The third-order valence-corrected chi connectivity index (χ3v) is 7.32. The van der Waals surface area contributed by atoms with Crippen molar-refractivity contribution in [3.63, 3.8) is 0 Å². The monoisotopic (exact) mass is 440 g/mol. The molecule has 6 nitrogen and oxygen atoms in total. The number of nitriles is 1. The third-order valence-electron chi connectivity index (χ3n) is 7.32. The molecule has 3 rings (SSSR count). The van der Waals surface area contributed by atoms with E-state index in [1.54, 1.807) is 7.11 Å². The minimum Gasteiger partial charge on any atom is -0.385 e. The van der Waals surface area contributed by atoms with E-state index in [-0.39, 0.29) is 17.0 Å². The van der Waals surface area contributed by atoms with Gasteiger partial charge in [0.15, 0.2) is 0 Å². The van der Waals surface area contributed by atoms with Gasteiger partial charge in [0.1, 0.15) is 0 Å². The Bertz CT molecular complexity index is 807. The molecule has 0 aromatic heterocycles. The average Bonchev–Trinajstić information content (AvgIpc) is 3.01. The number of rotatable bonds is 9. The van der Waals surface area contributed by atoms with Gasteiger partial charge in [0, 0.05) is 45.3 Å². The van der Waals surface area contributed by atoms with Crippen molar-refractivity contribution in [1.29, 1.82) is 5.26 Å². The highest BCUT2D eigenvalue weighted by atomic mass is 16.5. The summed E-state index contributed by atoms with van der Waals surface area (Å²) < 4.78 is 5.27. The fourth-order valence-electron chi connectivity index (χ4n) is 5.77. The number of hydrogen-bond donors (Lipinski definition) is 0. The average molecular weight is 441 g/mol. The molecule has 2 fully saturated rings. The van der Waals surface area contributed by atoms with Gasteiger partial charge in [0.05, 0.1) is 17.0 Å². The lowest BCUT2D eigenvalue weighted by Crippen LogP contribution is -2.54. The number of methoxy groups -OCH3 is 1. The van der Waals surface area contributed by atoms with Crippen LogP contribution in [0.2, 0.25) is 0 Å². The molecule has 1 saturated carbocycles. The standard InChI is InChI=1S/C26H40N4O2/c1-24(2,18-27)19-29-21-26(30(23(29)31)16-9-17-32-5)14-12-25(13-15-26,20-28(3)4)22-10-7-6-8-11-22/h6-8,10-11H,9,12-17,19-21H2,1-5H3. The van der Waals surface area contributed by atoms with Crippen LogP contribution in [0.15, 0.2) is 30.3 Å². The number of amides is 2. The lowest BCUT2D eigenvalue weighted by atomic mass is 9.63. The number of carbonyl (C=O) groups excluding carboxylic acids is 1. The summed E-state index contributed by atoms with van der Waals surface area (Å²) in [5, 5.41) is 9.54. The molecule has 1 aromatic rings. The van der Waals surface area contributed by atoms with Crippen molar-refractivity contribution in [2.24, 2.45) is 5.41 Å². The molecule has 0 unspecified atom stereocenters. The summed E-state index contributed by atoms with van der Waals surface area (Å²) in [7, 11) is 6.01. The number of carbonyl (C=O) groups is 1. The third kappa shape index (κ3) is 5.10. The van der Waals surface area contributed by atoms with E-state index in [1.807, 2.05) is 18.7 Å². The smallest absolute Gasteiger partial charge is 0.320 e. The quantitative estimate of drug-likeness (QED) is 0.542. The topological polar surface area (TPSA) is 59.8 Å². The molecule has 1 aliphatic carbocycles. The predicted molar refractivity (Wildman–Crippen MR) is 127 cm³/mol. The summed E-state index contributed by atoms with van der Waals surface area (Å²) >= 11 is 0. The van der Waals surface area contributed by atoms with Crippen molar-refractivity contribution in [3.8, 4) is 6.07 Å². The number of nitrogens with zero attached hydrogens (tertiary/aromatic N) is 4. The minimum atomic E-state index is -0.549. The molecule has 1 saturated heterocycles. The van der Waals surface area contributed by atoms with Crippen LogP contribution in [-0.4, -0.2) is 80.3 Å². The highest BCUT2D eigenvalue weighted by Crippen LogP contribution is 2.48. The first-order valence-corrected chi connectivity index (χ1v) is 11.8. The fraction of sp³-hybridized carbons (Fsp3) is 0.692. The zero-order chi connectivity index (χ0) is 23.4. The van der Waals surface area contributed by atoms with Crippen molar-refractivity contribution < 1.29 is 9.53 Å². The first-order chi connectivity index (χ1) is 15.2. The maximum Gasteiger partial charge on any atom is 0.320 e. The minimum absolute atomic E-state index is 0.0873. The first kappa shape index (κ1) is 24.5. The van der Waals surface area contributed by atoms with E-state index in [2.05, 4.69) is 60.3 Å². The second-order valence-electron chi connectivity index (χ2n) is 10.7. The number of ether oxygens (including phenoxy) is 1. The van der Waals surface area contributed by atoms with Gasteiger partial charge in [-0.25, -0.2) is 4.79 Å².